The summed E-state index contributed by atoms with van der Waals surface area (Å²) in [5.41, 5.74) is -0.572. The van der Waals surface area contributed by atoms with E-state index >= 15 is 0 Å². The Bertz CT molecular complexity index is 718. The molecule has 2 aromatic rings. The molecule has 0 unspecified atom stereocenters. The van der Waals surface area contributed by atoms with Gasteiger partial charge in [-0.25, -0.2) is 4.79 Å². The number of amides is 2. The molecule has 2 N–H and O–H groups in total. The lowest BCUT2D eigenvalue weighted by molar-refractivity contribution is -0.137. The van der Waals surface area contributed by atoms with Gasteiger partial charge in [0.15, 0.2) is 0 Å². The number of carbonyl (C=O) groups is 1. The van der Waals surface area contributed by atoms with Crippen molar-refractivity contribution >= 4 is 29.0 Å². The third kappa shape index (κ3) is 4.79. The maximum Gasteiger partial charge on any atom is 0.416 e. The van der Waals surface area contributed by atoms with Crippen LogP contribution in [0.2, 0.25) is 5.02 Å². The molecule has 0 spiro atoms. The zero-order valence-corrected chi connectivity index (χ0v) is 13.3. The van der Waals surface area contributed by atoms with Crippen LogP contribution in [0.3, 0.4) is 0 Å². The summed E-state index contributed by atoms with van der Waals surface area (Å²) in [4.78, 5) is 11.9. The standard InChI is InChI=1S/C16H14ClF3N2O2/c1-2-24-12-6-4-11(5-7-12)21-15(23)22-14-9-10(16(18,19)20)3-8-13(14)17/h3-9H,2H2,1H3,(H2,21,22,23). The van der Waals surface area contributed by atoms with E-state index in [4.69, 9.17) is 16.3 Å². The SMILES string of the molecule is CCOc1ccc(NC(=O)Nc2cc(C(F)(F)F)ccc2Cl)cc1. The molecule has 2 aromatic carbocycles. The fraction of sp³-hybridized carbons (Fsp3) is 0.188. The van der Waals surface area contributed by atoms with Crippen LogP contribution in [0, 0.1) is 0 Å². The van der Waals surface area contributed by atoms with Crippen LogP contribution in [0.1, 0.15) is 12.5 Å². The monoisotopic (exact) mass is 358 g/mol. The maximum absolute atomic E-state index is 12.7. The Hall–Kier alpha value is -2.41. The number of nitrogens with one attached hydrogen (secondary N) is 2. The molecular formula is C16H14ClF3N2O2. The van der Waals surface area contributed by atoms with Gasteiger partial charge in [0.25, 0.3) is 0 Å². The van der Waals surface area contributed by atoms with Crippen LogP contribution in [-0.2, 0) is 6.18 Å². The van der Waals surface area contributed by atoms with Crippen LogP contribution in [0.4, 0.5) is 29.3 Å². The normalized spacial score (nSPS) is 11.0. The summed E-state index contributed by atoms with van der Waals surface area (Å²) in [6, 6.07) is 8.54. The molecule has 0 heterocycles. The molecule has 0 bridgehead atoms. The largest absolute Gasteiger partial charge is 0.494 e. The number of rotatable bonds is 4. The molecule has 128 valence electrons. The average molecular weight is 359 g/mol. The second-order valence-corrected chi connectivity index (χ2v) is 5.14. The first kappa shape index (κ1) is 17.9. The Morgan fingerprint density at radius 3 is 2.38 bits per heavy atom. The molecule has 8 heteroatoms. The molecule has 0 saturated carbocycles. The minimum atomic E-state index is -4.52. The molecule has 0 radical (unpaired) electrons. The summed E-state index contributed by atoms with van der Waals surface area (Å²) in [5.74, 6) is 0.643. The van der Waals surface area contributed by atoms with Gasteiger partial charge in [-0.05, 0) is 49.4 Å². The minimum absolute atomic E-state index is 0.00448. The van der Waals surface area contributed by atoms with Gasteiger partial charge in [0.2, 0.25) is 0 Å². The van der Waals surface area contributed by atoms with Gasteiger partial charge >= 0.3 is 12.2 Å². The van der Waals surface area contributed by atoms with E-state index in [0.717, 1.165) is 18.2 Å². The minimum Gasteiger partial charge on any atom is -0.494 e. The molecule has 0 aliphatic rings. The van der Waals surface area contributed by atoms with Crippen molar-refractivity contribution < 1.29 is 22.7 Å². The molecule has 4 nitrogen and oxygen atoms in total. The van der Waals surface area contributed by atoms with Gasteiger partial charge < -0.3 is 15.4 Å². The van der Waals surface area contributed by atoms with Gasteiger partial charge in [-0.1, -0.05) is 11.6 Å². The van der Waals surface area contributed by atoms with Crippen molar-refractivity contribution in [2.45, 2.75) is 13.1 Å². The fourth-order valence-corrected chi connectivity index (χ4v) is 2.05. The Labute approximate surface area is 141 Å². The van der Waals surface area contributed by atoms with Crippen molar-refractivity contribution in [3.63, 3.8) is 0 Å². The number of carbonyl (C=O) groups excluding carboxylic acids is 1. The summed E-state index contributed by atoms with van der Waals surface area (Å²) in [6.45, 7) is 2.36. The van der Waals surface area contributed by atoms with Gasteiger partial charge in [0.1, 0.15) is 5.75 Å². The van der Waals surface area contributed by atoms with Gasteiger partial charge in [-0.15, -0.1) is 0 Å². The number of urea groups is 1. The molecule has 0 aliphatic heterocycles. The van der Waals surface area contributed by atoms with E-state index in [1.165, 1.54) is 0 Å². The Balaban J connectivity index is 2.06. The number of halogens is 4. The van der Waals surface area contributed by atoms with Gasteiger partial charge in [-0.3, -0.25) is 0 Å². The Morgan fingerprint density at radius 2 is 1.79 bits per heavy atom. The van der Waals surface area contributed by atoms with E-state index in [9.17, 15) is 18.0 Å². The van der Waals surface area contributed by atoms with E-state index in [2.05, 4.69) is 10.6 Å². The summed E-state index contributed by atoms with van der Waals surface area (Å²) in [6.07, 6.45) is -4.52. The third-order valence-electron chi connectivity index (χ3n) is 2.97. The van der Waals surface area contributed by atoms with Crippen molar-refractivity contribution in [1.82, 2.24) is 0 Å². The number of ether oxygens (including phenoxy) is 1. The fourth-order valence-electron chi connectivity index (χ4n) is 1.88. The first-order valence-electron chi connectivity index (χ1n) is 6.97. The average Bonchev–Trinajstić information content (AvgIpc) is 2.50. The van der Waals surface area contributed by atoms with Crippen molar-refractivity contribution in [3.8, 4) is 5.75 Å². The van der Waals surface area contributed by atoms with Gasteiger partial charge in [0, 0.05) is 5.69 Å². The third-order valence-corrected chi connectivity index (χ3v) is 3.29. The second kappa shape index (κ2) is 7.44. The summed E-state index contributed by atoms with van der Waals surface area (Å²) in [5, 5.41) is 4.80. The maximum atomic E-state index is 12.7. The Morgan fingerprint density at radius 1 is 1.12 bits per heavy atom. The molecule has 24 heavy (non-hydrogen) atoms. The molecule has 0 fully saturated rings. The Kier molecular flexibility index (Phi) is 5.56. The smallest absolute Gasteiger partial charge is 0.416 e. The number of anilines is 2. The van der Waals surface area contributed by atoms with Crippen molar-refractivity contribution in [1.29, 1.82) is 0 Å². The quantitative estimate of drug-likeness (QED) is 0.768. The van der Waals surface area contributed by atoms with E-state index in [-0.39, 0.29) is 10.7 Å². The van der Waals surface area contributed by atoms with Gasteiger partial charge in [0.05, 0.1) is 22.9 Å². The molecule has 2 rings (SSSR count). The lowest BCUT2D eigenvalue weighted by Crippen LogP contribution is -2.20. The first-order valence-corrected chi connectivity index (χ1v) is 7.35. The zero-order valence-electron chi connectivity index (χ0n) is 12.6. The summed E-state index contributed by atoms with van der Waals surface area (Å²) in [7, 11) is 0. The molecule has 0 aromatic heterocycles. The number of hydrogen-bond acceptors (Lipinski definition) is 2. The van der Waals surface area contributed by atoms with Crippen LogP contribution in [0.5, 0.6) is 5.75 Å². The van der Waals surface area contributed by atoms with Crippen molar-refractivity contribution in [2.24, 2.45) is 0 Å². The number of benzene rings is 2. The molecular weight excluding hydrogens is 345 g/mol. The molecule has 0 aliphatic carbocycles. The van der Waals surface area contributed by atoms with E-state index in [1.54, 1.807) is 24.3 Å². The highest BCUT2D eigenvalue weighted by atomic mass is 35.5. The summed E-state index contributed by atoms with van der Waals surface area (Å²) >= 11 is 5.82. The van der Waals surface area contributed by atoms with Crippen molar-refractivity contribution in [3.05, 3.63) is 53.1 Å². The van der Waals surface area contributed by atoms with Crippen LogP contribution in [-0.4, -0.2) is 12.6 Å². The van der Waals surface area contributed by atoms with E-state index in [1.807, 2.05) is 6.92 Å². The number of hydrogen-bond donors (Lipinski definition) is 2. The van der Waals surface area contributed by atoms with E-state index < -0.39 is 17.8 Å². The van der Waals surface area contributed by atoms with E-state index in [0.29, 0.717) is 18.0 Å². The topological polar surface area (TPSA) is 50.4 Å². The molecule has 0 atom stereocenters. The predicted octanol–water partition coefficient (Wildman–Crippen LogP) is 5.40. The van der Waals surface area contributed by atoms with Crippen LogP contribution in [0.25, 0.3) is 0 Å². The highest BCUT2D eigenvalue weighted by Gasteiger charge is 2.31. The highest BCUT2D eigenvalue weighted by Crippen LogP contribution is 2.33. The van der Waals surface area contributed by atoms with Crippen LogP contribution in [0.15, 0.2) is 42.5 Å². The zero-order chi connectivity index (χ0) is 17.7. The van der Waals surface area contributed by atoms with Crippen LogP contribution < -0.4 is 15.4 Å². The lowest BCUT2D eigenvalue weighted by Gasteiger charge is -2.12. The van der Waals surface area contributed by atoms with Crippen molar-refractivity contribution in [2.75, 3.05) is 17.2 Å². The predicted molar refractivity (Wildman–Crippen MR) is 86.7 cm³/mol. The first-order chi connectivity index (χ1) is 11.3. The lowest BCUT2D eigenvalue weighted by atomic mass is 10.2. The molecule has 2 amide bonds. The molecule has 0 saturated heterocycles. The summed E-state index contributed by atoms with van der Waals surface area (Å²) < 4.78 is 43.4. The number of alkyl halides is 3. The van der Waals surface area contributed by atoms with Gasteiger partial charge in [-0.2, -0.15) is 13.2 Å². The highest BCUT2D eigenvalue weighted by molar-refractivity contribution is 6.33. The van der Waals surface area contributed by atoms with Crippen LogP contribution >= 0.6 is 11.6 Å². The second-order valence-electron chi connectivity index (χ2n) is 4.73.